The van der Waals surface area contributed by atoms with Crippen molar-refractivity contribution in [1.82, 2.24) is 10.2 Å². The van der Waals surface area contributed by atoms with Crippen LogP contribution in [0.15, 0.2) is 0 Å². The zero-order valence-corrected chi connectivity index (χ0v) is 13.1. The van der Waals surface area contributed by atoms with Crippen molar-refractivity contribution in [3.05, 3.63) is 0 Å². The van der Waals surface area contributed by atoms with Gasteiger partial charge in [-0.15, -0.1) is 0 Å². The molecule has 0 radical (unpaired) electrons. The van der Waals surface area contributed by atoms with E-state index >= 15 is 0 Å². The summed E-state index contributed by atoms with van der Waals surface area (Å²) in [6.45, 7) is 2.57. The van der Waals surface area contributed by atoms with Crippen molar-refractivity contribution in [2.45, 2.75) is 37.9 Å². The molecule has 2 atom stereocenters. The number of carbonyl (C=O) groups is 1. The molecule has 0 aromatic rings. The molecule has 0 bridgehead atoms. The van der Waals surface area contributed by atoms with E-state index in [2.05, 4.69) is 16.5 Å². The number of carbonyl (C=O) groups excluding carboxylic acids is 1. The molecule has 0 spiro atoms. The number of halogens is 3. The SMILES string of the molecule is CSCCCN1C[C@H](NC(=O)CC(F)(F)F)[C@@H](C2CC2)C1. The summed E-state index contributed by atoms with van der Waals surface area (Å²) in [5.74, 6) is 1.13. The van der Waals surface area contributed by atoms with Crippen molar-refractivity contribution in [2.24, 2.45) is 11.8 Å². The van der Waals surface area contributed by atoms with Crippen LogP contribution in [0.5, 0.6) is 0 Å². The van der Waals surface area contributed by atoms with Crippen molar-refractivity contribution in [3.63, 3.8) is 0 Å². The fraction of sp³-hybridized carbons (Fsp3) is 0.929. The summed E-state index contributed by atoms with van der Waals surface area (Å²) in [6.07, 6.45) is -0.341. The lowest BCUT2D eigenvalue weighted by atomic mass is 9.98. The lowest BCUT2D eigenvalue weighted by Crippen LogP contribution is -2.42. The van der Waals surface area contributed by atoms with Gasteiger partial charge >= 0.3 is 6.18 Å². The first-order valence-electron chi connectivity index (χ1n) is 7.46. The number of nitrogens with zero attached hydrogens (tertiary/aromatic N) is 1. The monoisotopic (exact) mass is 324 g/mol. The van der Waals surface area contributed by atoms with E-state index in [4.69, 9.17) is 0 Å². The Hall–Kier alpha value is -0.430. The van der Waals surface area contributed by atoms with Crippen LogP contribution in [0.2, 0.25) is 0 Å². The minimum Gasteiger partial charge on any atom is -0.351 e. The standard InChI is InChI=1S/C14H23F3N2OS/c1-21-6-2-5-19-8-11(10-3-4-10)12(9-19)18-13(20)7-14(15,16)17/h10-12H,2-9H2,1H3,(H,18,20)/t11-,12+/m1/s1. The average Bonchev–Trinajstić information content (AvgIpc) is 3.11. The molecule has 1 saturated heterocycles. The first-order chi connectivity index (χ1) is 9.89. The first-order valence-corrected chi connectivity index (χ1v) is 8.86. The van der Waals surface area contributed by atoms with Gasteiger partial charge in [-0.25, -0.2) is 0 Å². The van der Waals surface area contributed by atoms with Crippen LogP contribution in [-0.2, 0) is 4.79 Å². The van der Waals surface area contributed by atoms with E-state index in [1.807, 2.05) is 0 Å². The molecular formula is C14H23F3N2OS. The third-order valence-corrected chi connectivity index (χ3v) is 4.90. The van der Waals surface area contributed by atoms with Crippen LogP contribution in [0.1, 0.15) is 25.7 Å². The van der Waals surface area contributed by atoms with Gasteiger partial charge in [0.15, 0.2) is 0 Å². The molecule has 122 valence electrons. The fourth-order valence-electron chi connectivity index (χ4n) is 3.12. The molecule has 7 heteroatoms. The summed E-state index contributed by atoms with van der Waals surface area (Å²) in [4.78, 5) is 13.8. The Morgan fingerprint density at radius 1 is 1.33 bits per heavy atom. The average molecular weight is 324 g/mol. The normalized spacial score (nSPS) is 27.0. The van der Waals surface area contributed by atoms with Gasteiger partial charge in [-0.2, -0.15) is 24.9 Å². The maximum absolute atomic E-state index is 12.3. The van der Waals surface area contributed by atoms with E-state index in [-0.39, 0.29) is 6.04 Å². The van der Waals surface area contributed by atoms with Crippen molar-refractivity contribution < 1.29 is 18.0 Å². The van der Waals surface area contributed by atoms with Crippen LogP contribution in [0.25, 0.3) is 0 Å². The van der Waals surface area contributed by atoms with E-state index in [1.54, 1.807) is 11.8 Å². The maximum atomic E-state index is 12.3. The summed E-state index contributed by atoms with van der Waals surface area (Å²) >= 11 is 1.80. The summed E-state index contributed by atoms with van der Waals surface area (Å²) < 4.78 is 36.8. The number of hydrogen-bond acceptors (Lipinski definition) is 3. The van der Waals surface area contributed by atoms with E-state index in [0.717, 1.165) is 38.1 Å². The molecule has 2 rings (SSSR count). The Labute approximate surface area is 128 Å². The topological polar surface area (TPSA) is 32.3 Å². The Kier molecular flexibility index (Phi) is 5.82. The van der Waals surface area contributed by atoms with Gasteiger partial charge in [0.25, 0.3) is 0 Å². The van der Waals surface area contributed by atoms with Crippen LogP contribution in [0.3, 0.4) is 0 Å². The number of hydrogen-bond donors (Lipinski definition) is 1. The molecule has 3 nitrogen and oxygen atoms in total. The molecule has 1 saturated carbocycles. The van der Waals surface area contributed by atoms with E-state index < -0.39 is 18.5 Å². The highest BCUT2D eigenvalue weighted by Crippen LogP contribution is 2.41. The largest absolute Gasteiger partial charge is 0.397 e. The van der Waals surface area contributed by atoms with Crippen molar-refractivity contribution in [1.29, 1.82) is 0 Å². The van der Waals surface area contributed by atoms with Gasteiger partial charge in [-0.1, -0.05) is 0 Å². The predicted molar refractivity (Wildman–Crippen MR) is 78.3 cm³/mol. The molecule has 2 fully saturated rings. The quantitative estimate of drug-likeness (QED) is 0.731. The lowest BCUT2D eigenvalue weighted by Gasteiger charge is -2.20. The van der Waals surface area contributed by atoms with Crippen LogP contribution in [0.4, 0.5) is 13.2 Å². The van der Waals surface area contributed by atoms with Gasteiger partial charge in [0.1, 0.15) is 6.42 Å². The van der Waals surface area contributed by atoms with Crippen molar-refractivity contribution >= 4 is 17.7 Å². The number of likely N-dealkylation sites (tertiary alicyclic amines) is 1. The second-order valence-electron chi connectivity index (χ2n) is 6.07. The highest BCUT2D eigenvalue weighted by Gasteiger charge is 2.43. The summed E-state index contributed by atoms with van der Waals surface area (Å²) in [5.41, 5.74) is 0. The van der Waals surface area contributed by atoms with E-state index in [1.165, 1.54) is 0 Å². The Morgan fingerprint density at radius 2 is 2.05 bits per heavy atom. The zero-order chi connectivity index (χ0) is 15.5. The molecule has 0 unspecified atom stereocenters. The Bertz CT molecular complexity index is 361. The van der Waals surface area contributed by atoms with Crippen molar-refractivity contribution in [2.75, 3.05) is 31.6 Å². The van der Waals surface area contributed by atoms with Gasteiger partial charge in [0, 0.05) is 19.1 Å². The highest BCUT2D eigenvalue weighted by atomic mass is 32.2. The Balaban J connectivity index is 1.83. The van der Waals surface area contributed by atoms with Crippen LogP contribution in [-0.4, -0.2) is 54.7 Å². The maximum Gasteiger partial charge on any atom is 0.397 e. The molecular weight excluding hydrogens is 301 g/mol. The number of rotatable bonds is 7. The smallest absolute Gasteiger partial charge is 0.351 e. The number of alkyl halides is 3. The minimum absolute atomic E-state index is 0.110. The van der Waals surface area contributed by atoms with Gasteiger partial charge < -0.3 is 10.2 Å². The third kappa shape index (κ3) is 5.70. The zero-order valence-electron chi connectivity index (χ0n) is 12.3. The third-order valence-electron chi connectivity index (χ3n) is 4.20. The molecule has 0 aromatic carbocycles. The molecule has 1 amide bonds. The van der Waals surface area contributed by atoms with Gasteiger partial charge in [0.2, 0.25) is 5.91 Å². The minimum atomic E-state index is -4.42. The van der Waals surface area contributed by atoms with Crippen molar-refractivity contribution in [3.8, 4) is 0 Å². The van der Waals surface area contributed by atoms with Gasteiger partial charge in [0.05, 0.1) is 0 Å². The van der Waals surface area contributed by atoms with Crippen LogP contribution in [0, 0.1) is 11.8 Å². The summed E-state index contributed by atoms with van der Waals surface area (Å²) in [7, 11) is 0. The number of thioether (sulfide) groups is 1. The molecule has 1 heterocycles. The predicted octanol–water partition coefficient (Wildman–Crippen LogP) is 2.52. The van der Waals surface area contributed by atoms with Gasteiger partial charge in [-0.05, 0) is 49.7 Å². The molecule has 21 heavy (non-hydrogen) atoms. The van der Waals surface area contributed by atoms with Crippen LogP contribution < -0.4 is 5.32 Å². The van der Waals surface area contributed by atoms with E-state index in [0.29, 0.717) is 18.4 Å². The first kappa shape index (κ1) is 16.9. The summed E-state index contributed by atoms with van der Waals surface area (Å²) in [6, 6.07) is -0.110. The molecule has 1 N–H and O–H groups in total. The lowest BCUT2D eigenvalue weighted by molar-refractivity contribution is -0.154. The second-order valence-corrected chi connectivity index (χ2v) is 7.06. The number of amides is 1. The van der Waals surface area contributed by atoms with E-state index in [9.17, 15) is 18.0 Å². The summed E-state index contributed by atoms with van der Waals surface area (Å²) in [5, 5.41) is 2.62. The molecule has 2 aliphatic rings. The second kappa shape index (κ2) is 7.22. The Morgan fingerprint density at radius 3 is 2.62 bits per heavy atom. The number of nitrogens with one attached hydrogen (secondary N) is 1. The molecule has 1 aliphatic carbocycles. The molecule has 0 aromatic heterocycles. The fourth-order valence-corrected chi connectivity index (χ4v) is 3.54. The van der Waals surface area contributed by atoms with Gasteiger partial charge in [-0.3, -0.25) is 4.79 Å². The molecule has 1 aliphatic heterocycles. The highest BCUT2D eigenvalue weighted by molar-refractivity contribution is 7.98. The van der Waals surface area contributed by atoms with Crippen LogP contribution >= 0.6 is 11.8 Å².